The van der Waals surface area contributed by atoms with Crippen molar-refractivity contribution in [3.63, 3.8) is 0 Å². The van der Waals surface area contributed by atoms with Crippen LogP contribution >= 0.6 is 24.6 Å². The van der Waals surface area contributed by atoms with Crippen molar-refractivity contribution in [2.24, 2.45) is 0 Å². The molecule has 0 spiro atoms. The molecule has 0 radical (unpaired) electrons. The standard InChI is InChI=1S/C10H21NS2/c1-3-11(13-9(2)12)10-7-5-4-6-8-10/h9-10,12H,3-8H2,1-2H3. The Hall–Kier alpha value is 0.660. The number of nitrogens with zero attached hydrogens (tertiary/aromatic N) is 1. The van der Waals surface area contributed by atoms with Gasteiger partial charge in [0.05, 0.1) is 4.58 Å². The normalized spacial score (nSPS) is 22.2. The van der Waals surface area contributed by atoms with Gasteiger partial charge in [0, 0.05) is 12.6 Å². The van der Waals surface area contributed by atoms with Crippen LogP contribution in [0.4, 0.5) is 0 Å². The molecular weight excluding hydrogens is 198 g/mol. The van der Waals surface area contributed by atoms with E-state index in [1.54, 1.807) is 0 Å². The minimum atomic E-state index is 0.432. The summed E-state index contributed by atoms with van der Waals surface area (Å²) in [5.41, 5.74) is 0. The highest BCUT2D eigenvalue weighted by atomic mass is 32.2. The van der Waals surface area contributed by atoms with Crippen molar-refractivity contribution in [1.82, 2.24) is 4.31 Å². The summed E-state index contributed by atoms with van der Waals surface area (Å²) in [6.45, 7) is 5.55. The zero-order valence-corrected chi connectivity index (χ0v) is 10.4. The van der Waals surface area contributed by atoms with E-state index >= 15 is 0 Å². The minimum Gasteiger partial charge on any atom is -0.247 e. The van der Waals surface area contributed by atoms with Gasteiger partial charge in [-0.15, -0.1) is 0 Å². The van der Waals surface area contributed by atoms with E-state index in [0.717, 1.165) is 12.6 Å². The van der Waals surface area contributed by atoms with Crippen LogP contribution in [0.2, 0.25) is 0 Å². The van der Waals surface area contributed by atoms with E-state index in [1.165, 1.54) is 32.1 Å². The van der Waals surface area contributed by atoms with Gasteiger partial charge < -0.3 is 0 Å². The fourth-order valence-electron chi connectivity index (χ4n) is 1.98. The van der Waals surface area contributed by atoms with Gasteiger partial charge in [0.15, 0.2) is 0 Å². The molecule has 1 saturated carbocycles. The predicted molar refractivity (Wildman–Crippen MR) is 65.3 cm³/mol. The maximum absolute atomic E-state index is 4.43. The Kier molecular flexibility index (Phi) is 5.60. The van der Waals surface area contributed by atoms with Gasteiger partial charge in [-0.3, -0.25) is 0 Å². The summed E-state index contributed by atoms with van der Waals surface area (Å²) < 4.78 is 2.96. The zero-order chi connectivity index (χ0) is 9.68. The monoisotopic (exact) mass is 219 g/mol. The summed E-state index contributed by atoms with van der Waals surface area (Å²) >= 11 is 6.34. The van der Waals surface area contributed by atoms with E-state index in [2.05, 4.69) is 30.8 Å². The van der Waals surface area contributed by atoms with Crippen molar-refractivity contribution in [1.29, 1.82) is 0 Å². The Morgan fingerprint density at radius 3 is 2.46 bits per heavy atom. The van der Waals surface area contributed by atoms with Crippen molar-refractivity contribution in [3.8, 4) is 0 Å². The first-order valence-corrected chi connectivity index (χ1v) is 6.70. The molecule has 1 aliphatic carbocycles. The van der Waals surface area contributed by atoms with Crippen LogP contribution in [-0.2, 0) is 0 Å². The summed E-state index contributed by atoms with van der Waals surface area (Å²) in [5.74, 6) is 0. The third-order valence-electron chi connectivity index (χ3n) is 2.58. The quantitative estimate of drug-likeness (QED) is 0.437. The largest absolute Gasteiger partial charge is 0.247 e. The van der Waals surface area contributed by atoms with Gasteiger partial charge in [-0.25, -0.2) is 4.31 Å². The third kappa shape index (κ3) is 4.13. The molecule has 0 bridgehead atoms. The molecule has 0 amide bonds. The lowest BCUT2D eigenvalue weighted by Crippen LogP contribution is -2.32. The smallest absolute Gasteiger partial charge is 0.0591 e. The SMILES string of the molecule is CCN(SC(C)S)C1CCCCC1. The fraction of sp³-hybridized carbons (Fsp3) is 1.00. The molecule has 0 aromatic heterocycles. The molecule has 0 saturated heterocycles. The number of hydrogen-bond donors (Lipinski definition) is 1. The molecule has 0 N–H and O–H groups in total. The highest BCUT2D eigenvalue weighted by molar-refractivity contribution is 8.08. The molecule has 0 heterocycles. The highest BCUT2D eigenvalue weighted by Gasteiger charge is 2.20. The maximum atomic E-state index is 4.43. The Balaban J connectivity index is 2.34. The van der Waals surface area contributed by atoms with Crippen molar-refractivity contribution in [3.05, 3.63) is 0 Å². The second kappa shape index (κ2) is 6.20. The second-order valence-corrected chi connectivity index (χ2v) is 6.24. The molecule has 0 aromatic carbocycles. The van der Waals surface area contributed by atoms with E-state index in [0.29, 0.717) is 4.58 Å². The van der Waals surface area contributed by atoms with Crippen LogP contribution in [0.5, 0.6) is 0 Å². The van der Waals surface area contributed by atoms with Gasteiger partial charge in [-0.1, -0.05) is 38.1 Å². The summed E-state index contributed by atoms with van der Waals surface area (Å²) in [6.07, 6.45) is 7.06. The first-order valence-electron chi connectivity index (χ1n) is 5.35. The lowest BCUT2D eigenvalue weighted by molar-refractivity contribution is 0.281. The van der Waals surface area contributed by atoms with Crippen LogP contribution in [0, 0.1) is 0 Å². The van der Waals surface area contributed by atoms with E-state index < -0.39 is 0 Å². The van der Waals surface area contributed by atoms with E-state index in [-0.39, 0.29) is 0 Å². The zero-order valence-electron chi connectivity index (χ0n) is 8.70. The Labute approximate surface area is 92.2 Å². The van der Waals surface area contributed by atoms with Crippen LogP contribution in [0.3, 0.4) is 0 Å². The molecule has 1 fully saturated rings. The molecule has 0 aliphatic heterocycles. The highest BCUT2D eigenvalue weighted by Crippen LogP contribution is 2.29. The second-order valence-electron chi connectivity index (χ2n) is 3.73. The fourth-order valence-corrected chi connectivity index (χ4v) is 3.27. The minimum absolute atomic E-state index is 0.432. The van der Waals surface area contributed by atoms with Crippen LogP contribution in [-0.4, -0.2) is 21.5 Å². The summed E-state index contributed by atoms with van der Waals surface area (Å²) in [6, 6.07) is 0.818. The van der Waals surface area contributed by atoms with Crippen LogP contribution in [0.15, 0.2) is 0 Å². The molecule has 1 nitrogen and oxygen atoms in total. The van der Waals surface area contributed by atoms with Crippen molar-refractivity contribution < 1.29 is 0 Å². The van der Waals surface area contributed by atoms with E-state index in [4.69, 9.17) is 0 Å². The molecule has 13 heavy (non-hydrogen) atoms. The van der Waals surface area contributed by atoms with Gasteiger partial charge in [0.2, 0.25) is 0 Å². The van der Waals surface area contributed by atoms with E-state index in [9.17, 15) is 0 Å². The Morgan fingerprint density at radius 2 is 2.00 bits per heavy atom. The first kappa shape index (κ1) is 11.7. The van der Waals surface area contributed by atoms with Crippen LogP contribution in [0.1, 0.15) is 46.0 Å². The molecule has 1 rings (SSSR count). The lowest BCUT2D eigenvalue weighted by atomic mass is 9.95. The molecule has 78 valence electrons. The van der Waals surface area contributed by atoms with Gasteiger partial charge in [0.1, 0.15) is 0 Å². The topological polar surface area (TPSA) is 3.24 Å². The maximum Gasteiger partial charge on any atom is 0.0591 e. The third-order valence-corrected chi connectivity index (χ3v) is 4.00. The van der Waals surface area contributed by atoms with Crippen molar-refractivity contribution >= 4 is 24.6 Å². The van der Waals surface area contributed by atoms with Gasteiger partial charge in [-0.05, 0) is 19.8 Å². The van der Waals surface area contributed by atoms with Gasteiger partial charge in [-0.2, -0.15) is 12.6 Å². The van der Waals surface area contributed by atoms with Crippen LogP contribution in [0.25, 0.3) is 0 Å². The van der Waals surface area contributed by atoms with Gasteiger partial charge in [0.25, 0.3) is 0 Å². The molecule has 3 heteroatoms. The Morgan fingerprint density at radius 1 is 1.38 bits per heavy atom. The summed E-state index contributed by atoms with van der Waals surface area (Å²) in [7, 11) is 0. The molecule has 0 aromatic rings. The number of thiol groups is 1. The first-order chi connectivity index (χ1) is 6.24. The van der Waals surface area contributed by atoms with Crippen molar-refractivity contribution in [2.45, 2.75) is 56.6 Å². The molecular formula is C10H21NS2. The summed E-state index contributed by atoms with van der Waals surface area (Å²) in [5, 5.41) is 0. The predicted octanol–water partition coefficient (Wildman–Crippen LogP) is 3.57. The average Bonchev–Trinajstić information content (AvgIpc) is 2.15. The van der Waals surface area contributed by atoms with Gasteiger partial charge >= 0.3 is 0 Å². The van der Waals surface area contributed by atoms with E-state index in [1.807, 2.05) is 11.9 Å². The Bertz CT molecular complexity index is 133. The average molecular weight is 219 g/mol. The number of rotatable bonds is 4. The lowest BCUT2D eigenvalue weighted by Gasteiger charge is -2.33. The molecule has 1 unspecified atom stereocenters. The molecule has 1 atom stereocenters. The van der Waals surface area contributed by atoms with Crippen LogP contribution < -0.4 is 0 Å². The molecule has 1 aliphatic rings. The van der Waals surface area contributed by atoms with Crippen molar-refractivity contribution in [2.75, 3.05) is 6.54 Å². The summed E-state index contributed by atoms with van der Waals surface area (Å²) in [4.78, 5) is 0. The number of hydrogen-bond acceptors (Lipinski definition) is 3.